The van der Waals surface area contributed by atoms with Gasteiger partial charge in [-0.25, -0.2) is 4.79 Å². The molecule has 0 fully saturated rings. The summed E-state index contributed by atoms with van der Waals surface area (Å²) in [5, 5.41) is 20.0. The van der Waals surface area contributed by atoms with Crippen LogP contribution in [0.5, 0.6) is 5.75 Å². The zero-order chi connectivity index (χ0) is 19.7. The Morgan fingerprint density at radius 3 is 2.96 bits per heavy atom. The highest BCUT2D eigenvalue weighted by atomic mass is 16.5. The Balaban J connectivity index is 1.48. The predicted molar refractivity (Wildman–Crippen MR) is 96.1 cm³/mol. The Hall–Kier alpha value is -3.62. The average molecular weight is 382 g/mol. The molecule has 2 N–H and O–H groups in total. The first-order chi connectivity index (χ1) is 13.5. The SMILES string of the molecule is Cc1cnn(Cc2cc(C(=O)NC(C(=O)O)c3ccc4c(c3)CCO4)no2)c1. The van der Waals surface area contributed by atoms with Crippen LogP contribution in [0, 0.1) is 6.92 Å². The summed E-state index contributed by atoms with van der Waals surface area (Å²) in [4.78, 5) is 24.2. The van der Waals surface area contributed by atoms with Gasteiger partial charge in [-0.15, -0.1) is 0 Å². The van der Waals surface area contributed by atoms with Crippen molar-refractivity contribution in [3.05, 3.63) is 64.8 Å². The number of benzene rings is 1. The molecule has 1 unspecified atom stereocenters. The first-order valence-corrected chi connectivity index (χ1v) is 8.73. The van der Waals surface area contributed by atoms with Crippen LogP contribution in [0.25, 0.3) is 0 Å². The zero-order valence-corrected chi connectivity index (χ0v) is 15.1. The van der Waals surface area contributed by atoms with E-state index in [0.29, 0.717) is 30.9 Å². The number of aromatic nitrogens is 3. The third kappa shape index (κ3) is 3.59. The van der Waals surface area contributed by atoms with E-state index in [4.69, 9.17) is 9.26 Å². The zero-order valence-electron chi connectivity index (χ0n) is 15.1. The Bertz CT molecular complexity index is 1040. The average Bonchev–Trinajstić information content (AvgIpc) is 3.40. The van der Waals surface area contributed by atoms with Gasteiger partial charge in [0.1, 0.15) is 12.3 Å². The number of nitrogens with zero attached hydrogens (tertiary/aromatic N) is 3. The number of aliphatic carboxylic acids is 1. The monoisotopic (exact) mass is 382 g/mol. The highest BCUT2D eigenvalue weighted by Gasteiger charge is 2.26. The van der Waals surface area contributed by atoms with Crippen LogP contribution in [-0.2, 0) is 17.8 Å². The maximum absolute atomic E-state index is 12.5. The number of rotatable bonds is 6. The van der Waals surface area contributed by atoms with E-state index in [1.165, 1.54) is 6.07 Å². The summed E-state index contributed by atoms with van der Waals surface area (Å²) in [6, 6.07) is 5.38. The number of carbonyl (C=O) groups is 2. The summed E-state index contributed by atoms with van der Waals surface area (Å²) in [6.45, 7) is 2.81. The highest BCUT2D eigenvalue weighted by molar-refractivity contribution is 5.95. The number of carbonyl (C=O) groups excluding carboxylic acids is 1. The number of carboxylic acid groups (broad SMARTS) is 1. The first kappa shape index (κ1) is 17.8. The second-order valence-electron chi connectivity index (χ2n) is 6.60. The predicted octanol–water partition coefficient (Wildman–Crippen LogP) is 1.72. The minimum Gasteiger partial charge on any atom is -0.493 e. The fraction of sp³-hybridized carbons (Fsp3) is 0.263. The van der Waals surface area contributed by atoms with Gasteiger partial charge < -0.3 is 19.7 Å². The molecule has 1 aliphatic heterocycles. The minimum absolute atomic E-state index is 0.00891. The molecule has 144 valence electrons. The van der Waals surface area contributed by atoms with Crippen LogP contribution in [0.2, 0.25) is 0 Å². The quantitative estimate of drug-likeness (QED) is 0.666. The van der Waals surface area contributed by atoms with Gasteiger partial charge >= 0.3 is 5.97 Å². The Morgan fingerprint density at radius 2 is 2.21 bits per heavy atom. The van der Waals surface area contributed by atoms with Crippen LogP contribution in [0.3, 0.4) is 0 Å². The van der Waals surface area contributed by atoms with Crippen molar-refractivity contribution in [2.24, 2.45) is 0 Å². The van der Waals surface area contributed by atoms with E-state index < -0.39 is 17.9 Å². The summed E-state index contributed by atoms with van der Waals surface area (Å²) in [7, 11) is 0. The summed E-state index contributed by atoms with van der Waals surface area (Å²) in [6.07, 6.45) is 4.26. The summed E-state index contributed by atoms with van der Waals surface area (Å²) < 4.78 is 12.3. The van der Waals surface area contributed by atoms with Gasteiger partial charge in [0.05, 0.1) is 12.8 Å². The first-order valence-electron chi connectivity index (χ1n) is 8.73. The van der Waals surface area contributed by atoms with E-state index in [0.717, 1.165) is 16.9 Å². The van der Waals surface area contributed by atoms with Crippen molar-refractivity contribution in [1.29, 1.82) is 0 Å². The lowest BCUT2D eigenvalue weighted by Crippen LogP contribution is -2.34. The van der Waals surface area contributed by atoms with Gasteiger partial charge in [-0.3, -0.25) is 9.48 Å². The lowest BCUT2D eigenvalue weighted by Gasteiger charge is -2.14. The molecule has 3 aromatic rings. The molecular weight excluding hydrogens is 364 g/mol. The molecule has 1 aromatic carbocycles. The van der Waals surface area contributed by atoms with Crippen LogP contribution in [-0.4, -0.2) is 38.5 Å². The standard InChI is InChI=1S/C19H18N4O5/c1-11-8-20-23(9-11)10-14-7-15(22-28-14)18(24)21-17(19(25)26)13-2-3-16-12(6-13)4-5-27-16/h2-3,6-9,17H,4-5,10H2,1H3,(H,21,24)(H,25,26). The third-order valence-electron chi connectivity index (χ3n) is 4.44. The van der Waals surface area contributed by atoms with Crippen LogP contribution in [0.15, 0.2) is 41.2 Å². The van der Waals surface area contributed by atoms with E-state index in [1.807, 2.05) is 13.1 Å². The molecule has 1 amide bonds. The lowest BCUT2D eigenvalue weighted by atomic mass is 10.0. The Morgan fingerprint density at radius 1 is 1.36 bits per heavy atom. The summed E-state index contributed by atoms with van der Waals surface area (Å²) >= 11 is 0. The second kappa shape index (κ2) is 7.18. The molecule has 2 aromatic heterocycles. The van der Waals surface area contributed by atoms with E-state index in [2.05, 4.69) is 15.6 Å². The molecule has 1 aliphatic rings. The van der Waals surface area contributed by atoms with Gasteiger partial charge in [0.2, 0.25) is 0 Å². The molecule has 0 radical (unpaired) electrons. The summed E-state index contributed by atoms with van der Waals surface area (Å²) in [5.41, 5.74) is 2.41. The maximum Gasteiger partial charge on any atom is 0.330 e. The van der Waals surface area contributed by atoms with Crippen LogP contribution < -0.4 is 10.1 Å². The largest absolute Gasteiger partial charge is 0.493 e. The van der Waals surface area contributed by atoms with E-state index in [-0.39, 0.29) is 5.69 Å². The number of ether oxygens (including phenoxy) is 1. The minimum atomic E-state index is -1.20. The van der Waals surface area contributed by atoms with Crippen LogP contribution in [0.4, 0.5) is 0 Å². The van der Waals surface area contributed by atoms with Crippen LogP contribution in [0.1, 0.15) is 39.0 Å². The third-order valence-corrected chi connectivity index (χ3v) is 4.44. The number of amides is 1. The molecule has 1 atom stereocenters. The number of hydrogen-bond acceptors (Lipinski definition) is 6. The van der Waals surface area contributed by atoms with E-state index in [1.54, 1.807) is 29.1 Å². The number of carboxylic acids is 1. The van der Waals surface area contributed by atoms with Crippen molar-refractivity contribution in [3.8, 4) is 5.75 Å². The Kier molecular flexibility index (Phi) is 4.56. The summed E-state index contributed by atoms with van der Waals surface area (Å²) in [5.74, 6) is -0.609. The van der Waals surface area contributed by atoms with Crippen molar-refractivity contribution in [1.82, 2.24) is 20.3 Å². The number of hydrogen-bond donors (Lipinski definition) is 2. The van der Waals surface area contributed by atoms with Crippen molar-refractivity contribution < 1.29 is 24.0 Å². The molecule has 0 aliphatic carbocycles. The fourth-order valence-electron chi connectivity index (χ4n) is 3.09. The molecule has 3 heterocycles. The molecule has 9 heteroatoms. The van der Waals surface area contributed by atoms with Crippen molar-refractivity contribution in [3.63, 3.8) is 0 Å². The smallest absolute Gasteiger partial charge is 0.330 e. The van der Waals surface area contributed by atoms with Crippen LogP contribution >= 0.6 is 0 Å². The van der Waals surface area contributed by atoms with Crippen molar-refractivity contribution >= 4 is 11.9 Å². The molecule has 9 nitrogen and oxygen atoms in total. The van der Waals surface area contributed by atoms with Crippen molar-refractivity contribution in [2.45, 2.75) is 25.9 Å². The molecule has 28 heavy (non-hydrogen) atoms. The number of fused-ring (bicyclic) bond motifs is 1. The van der Waals surface area contributed by atoms with Gasteiger partial charge in [-0.05, 0) is 35.7 Å². The fourth-order valence-corrected chi connectivity index (χ4v) is 3.09. The lowest BCUT2D eigenvalue weighted by molar-refractivity contribution is -0.139. The maximum atomic E-state index is 12.5. The van der Waals surface area contributed by atoms with Gasteiger partial charge in [-0.1, -0.05) is 11.2 Å². The van der Waals surface area contributed by atoms with E-state index >= 15 is 0 Å². The van der Waals surface area contributed by atoms with Gasteiger partial charge in [0.25, 0.3) is 5.91 Å². The van der Waals surface area contributed by atoms with Gasteiger partial charge in [0, 0.05) is 18.7 Å². The molecule has 0 bridgehead atoms. The normalized spacial score (nSPS) is 13.6. The van der Waals surface area contributed by atoms with Crippen molar-refractivity contribution in [2.75, 3.05) is 6.61 Å². The molecule has 0 saturated carbocycles. The van der Waals surface area contributed by atoms with Gasteiger partial charge in [0.15, 0.2) is 17.5 Å². The van der Waals surface area contributed by atoms with E-state index in [9.17, 15) is 14.7 Å². The second-order valence-corrected chi connectivity index (χ2v) is 6.60. The molecular formula is C19H18N4O5. The molecule has 0 saturated heterocycles. The molecule has 4 rings (SSSR count). The highest BCUT2D eigenvalue weighted by Crippen LogP contribution is 2.28. The number of nitrogens with one attached hydrogen (secondary N) is 1. The van der Waals surface area contributed by atoms with Gasteiger partial charge in [-0.2, -0.15) is 5.10 Å². The molecule has 0 spiro atoms. The number of aryl methyl sites for hydroxylation is 1. The Labute approximate surface area is 159 Å². The topological polar surface area (TPSA) is 119 Å².